The summed E-state index contributed by atoms with van der Waals surface area (Å²) < 4.78 is 16.6. The maximum atomic E-state index is 12.3. The van der Waals surface area contributed by atoms with Crippen LogP contribution in [0.5, 0.6) is 5.75 Å². The van der Waals surface area contributed by atoms with Crippen LogP contribution in [0.25, 0.3) is 0 Å². The van der Waals surface area contributed by atoms with Gasteiger partial charge in [0, 0.05) is 0 Å². The summed E-state index contributed by atoms with van der Waals surface area (Å²) in [6.07, 6.45) is 2.47. The molecule has 1 rings (SSSR count). The van der Waals surface area contributed by atoms with Crippen LogP contribution in [0.4, 0.5) is 0 Å². The predicted molar refractivity (Wildman–Crippen MR) is 99.7 cm³/mol. The summed E-state index contributed by atoms with van der Waals surface area (Å²) in [5, 5.41) is 0. The number of ether oxygens (including phenoxy) is 2. The highest BCUT2D eigenvalue weighted by atomic mass is 28.4. The van der Waals surface area contributed by atoms with Crippen molar-refractivity contribution in [2.75, 3.05) is 13.7 Å². The van der Waals surface area contributed by atoms with Crippen LogP contribution < -0.4 is 4.74 Å². The Morgan fingerprint density at radius 1 is 1.04 bits per heavy atom. The van der Waals surface area contributed by atoms with Crippen LogP contribution in [-0.2, 0) is 20.4 Å². The molecule has 0 aliphatic heterocycles. The number of carbonyl (C=O) groups excluding carboxylic acids is 1. The number of methoxy groups -OCH3 is 1. The third kappa shape index (κ3) is 5.71. The molecule has 134 valence electrons. The fourth-order valence-corrected chi connectivity index (χ4v) is 5.11. The average Bonchev–Trinajstić information content (AvgIpc) is 2.63. The van der Waals surface area contributed by atoms with Crippen LogP contribution >= 0.6 is 0 Å². The number of carbonyl (C=O) groups is 1. The Labute approximate surface area is 146 Å². The van der Waals surface area contributed by atoms with Crippen molar-refractivity contribution in [3.05, 3.63) is 41.7 Å². The Morgan fingerprint density at radius 3 is 2.08 bits per heavy atom. The standard InChI is InChI=1S/C19H30O4Si/c1-6-22-19(20)18(23-24(7-2,8-3)9-4)15-12-16-10-13-17(21-5)14-11-16/h10-11,13-15H,6-9,12H2,1-5H3/b18-15-. The van der Waals surface area contributed by atoms with Crippen molar-refractivity contribution in [2.45, 2.75) is 52.2 Å². The van der Waals surface area contributed by atoms with E-state index < -0.39 is 8.32 Å². The monoisotopic (exact) mass is 350 g/mol. The van der Waals surface area contributed by atoms with Crippen LogP contribution in [0.2, 0.25) is 18.1 Å². The van der Waals surface area contributed by atoms with E-state index in [1.54, 1.807) is 7.11 Å². The van der Waals surface area contributed by atoms with E-state index in [2.05, 4.69) is 20.8 Å². The molecule has 4 nitrogen and oxygen atoms in total. The summed E-state index contributed by atoms with van der Waals surface area (Å²) in [6, 6.07) is 10.8. The Balaban J connectivity index is 2.96. The minimum Gasteiger partial charge on any atom is -0.539 e. The highest BCUT2D eigenvalue weighted by Crippen LogP contribution is 2.25. The zero-order valence-electron chi connectivity index (χ0n) is 15.6. The molecule has 0 aromatic heterocycles. The van der Waals surface area contributed by atoms with Crippen molar-refractivity contribution in [3.63, 3.8) is 0 Å². The van der Waals surface area contributed by atoms with E-state index >= 15 is 0 Å². The largest absolute Gasteiger partial charge is 0.539 e. The van der Waals surface area contributed by atoms with Crippen molar-refractivity contribution < 1.29 is 18.7 Å². The zero-order chi connectivity index (χ0) is 18.0. The van der Waals surface area contributed by atoms with E-state index in [1.807, 2.05) is 37.3 Å². The SMILES string of the molecule is CCOC(=O)/C(=C/Cc1ccc(OC)cc1)O[Si](CC)(CC)CC. The summed E-state index contributed by atoms with van der Waals surface area (Å²) in [6.45, 7) is 8.59. The van der Waals surface area contributed by atoms with E-state index in [0.29, 0.717) is 18.8 Å². The van der Waals surface area contributed by atoms with Gasteiger partial charge in [-0.05, 0) is 55.2 Å². The highest BCUT2D eigenvalue weighted by Gasteiger charge is 2.33. The summed E-state index contributed by atoms with van der Waals surface area (Å²) in [4.78, 5) is 12.3. The molecule has 0 unspecified atom stereocenters. The van der Waals surface area contributed by atoms with Gasteiger partial charge in [-0.15, -0.1) is 0 Å². The predicted octanol–water partition coefficient (Wildman–Crippen LogP) is 4.71. The molecule has 0 saturated carbocycles. The van der Waals surface area contributed by atoms with Crippen molar-refractivity contribution in [1.82, 2.24) is 0 Å². The molecule has 5 heteroatoms. The molecule has 0 aliphatic rings. The number of hydrogen-bond acceptors (Lipinski definition) is 4. The second kappa shape index (κ2) is 10.2. The lowest BCUT2D eigenvalue weighted by molar-refractivity contribution is -0.141. The fourth-order valence-electron chi connectivity index (χ4n) is 2.54. The van der Waals surface area contributed by atoms with Gasteiger partial charge in [-0.2, -0.15) is 0 Å². The van der Waals surface area contributed by atoms with E-state index in [0.717, 1.165) is 29.4 Å². The first-order valence-electron chi connectivity index (χ1n) is 8.73. The molecular formula is C19H30O4Si. The van der Waals surface area contributed by atoms with Gasteiger partial charge in [0.05, 0.1) is 13.7 Å². The van der Waals surface area contributed by atoms with Crippen LogP contribution in [0, 0.1) is 0 Å². The van der Waals surface area contributed by atoms with Gasteiger partial charge >= 0.3 is 5.97 Å². The molecule has 0 bridgehead atoms. The molecule has 1 aromatic rings. The third-order valence-electron chi connectivity index (χ3n) is 4.42. The Bertz CT molecular complexity index is 525. The lowest BCUT2D eigenvalue weighted by Crippen LogP contribution is -2.37. The maximum absolute atomic E-state index is 12.3. The minimum atomic E-state index is -1.91. The number of esters is 1. The van der Waals surface area contributed by atoms with Gasteiger partial charge in [-0.3, -0.25) is 0 Å². The number of hydrogen-bond donors (Lipinski definition) is 0. The normalized spacial score (nSPS) is 12.0. The van der Waals surface area contributed by atoms with Gasteiger partial charge < -0.3 is 13.9 Å². The number of rotatable bonds is 10. The smallest absolute Gasteiger partial charge is 0.371 e. The molecule has 1 aromatic carbocycles. The summed E-state index contributed by atoms with van der Waals surface area (Å²) in [7, 11) is -0.269. The average molecular weight is 351 g/mol. The molecular weight excluding hydrogens is 320 g/mol. The van der Waals surface area contributed by atoms with Crippen molar-refractivity contribution in [3.8, 4) is 5.75 Å². The van der Waals surface area contributed by atoms with Gasteiger partial charge in [0.2, 0.25) is 0 Å². The van der Waals surface area contributed by atoms with E-state index in [9.17, 15) is 4.79 Å². The van der Waals surface area contributed by atoms with Gasteiger partial charge in [-0.25, -0.2) is 4.79 Å². The number of benzene rings is 1. The van der Waals surface area contributed by atoms with Gasteiger partial charge in [-0.1, -0.05) is 32.9 Å². The lowest BCUT2D eigenvalue weighted by Gasteiger charge is -2.29. The Morgan fingerprint density at radius 2 is 1.62 bits per heavy atom. The first-order valence-corrected chi connectivity index (χ1v) is 11.3. The molecule has 0 fully saturated rings. The summed E-state index contributed by atoms with van der Waals surface area (Å²) >= 11 is 0. The van der Waals surface area contributed by atoms with Gasteiger partial charge in [0.1, 0.15) is 5.75 Å². The molecule has 24 heavy (non-hydrogen) atoms. The molecule has 0 spiro atoms. The summed E-state index contributed by atoms with van der Waals surface area (Å²) in [5.74, 6) is 0.821. The fraction of sp³-hybridized carbons (Fsp3) is 0.526. The van der Waals surface area contributed by atoms with Crippen molar-refractivity contribution >= 4 is 14.3 Å². The Hall–Kier alpha value is -1.75. The van der Waals surface area contributed by atoms with Crippen molar-refractivity contribution in [2.24, 2.45) is 0 Å². The van der Waals surface area contributed by atoms with Crippen LogP contribution in [0.15, 0.2) is 36.1 Å². The molecule has 0 N–H and O–H groups in total. The van der Waals surface area contributed by atoms with Crippen LogP contribution in [0.3, 0.4) is 0 Å². The highest BCUT2D eigenvalue weighted by molar-refractivity contribution is 6.74. The van der Waals surface area contributed by atoms with Gasteiger partial charge in [0.15, 0.2) is 5.76 Å². The van der Waals surface area contributed by atoms with Crippen molar-refractivity contribution in [1.29, 1.82) is 0 Å². The third-order valence-corrected chi connectivity index (χ3v) is 8.94. The minimum absolute atomic E-state index is 0.348. The number of allylic oxidation sites excluding steroid dienone is 1. The molecule has 0 saturated heterocycles. The Kier molecular flexibility index (Phi) is 8.61. The van der Waals surface area contributed by atoms with Gasteiger partial charge in [0.25, 0.3) is 8.32 Å². The molecule has 0 amide bonds. The second-order valence-electron chi connectivity index (χ2n) is 5.69. The summed E-state index contributed by atoms with van der Waals surface area (Å²) in [5.41, 5.74) is 1.10. The van der Waals surface area contributed by atoms with E-state index in [1.165, 1.54) is 0 Å². The molecule has 0 atom stereocenters. The van der Waals surface area contributed by atoms with Crippen LogP contribution in [0.1, 0.15) is 33.3 Å². The van der Waals surface area contributed by atoms with E-state index in [-0.39, 0.29) is 5.97 Å². The second-order valence-corrected chi connectivity index (χ2v) is 10.4. The lowest BCUT2D eigenvalue weighted by atomic mass is 10.1. The van der Waals surface area contributed by atoms with E-state index in [4.69, 9.17) is 13.9 Å². The molecule has 0 heterocycles. The first-order chi connectivity index (χ1) is 11.5. The topological polar surface area (TPSA) is 44.8 Å². The molecule has 0 aliphatic carbocycles. The zero-order valence-corrected chi connectivity index (χ0v) is 16.6. The quantitative estimate of drug-likeness (QED) is 0.265. The molecule has 0 radical (unpaired) electrons. The maximum Gasteiger partial charge on any atom is 0.371 e. The first kappa shape index (κ1) is 20.3. The van der Waals surface area contributed by atoms with Crippen LogP contribution in [-0.4, -0.2) is 28.0 Å².